The topological polar surface area (TPSA) is 50.5 Å². The third kappa shape index (κ3) is 3.01. The monoisotopic (exact) mass is 386 g/mol. The van der Waals surface area contributed by atoms with Gasteiger partial charge in [-0.05, 0) is 37.3 Å². The predicted octanol–water partition coefficient (Wildman–Crippen LogP) is 3.61. The van der Waals surface area contributed by atoms with Crippen LogP contribution in [0.5, 0.6) is 0 Å². The normalized spacial score (nSPS) is 14.9. The highest BCUT2D eigenvalue weighted by Crippen LogP contribution is 2.33. The number of terminal acetylenes is 1. The molecule has 0 radical (unpaired) electrons. The average molecular weight is 386 g/mol. The van der Waals surface area contributed by atoms with Crippen LogP contribution in [0.2, 0.25) is 0 Å². The molecule has 0 N–H and O–H groups in total. The van der Waals surface area contributed by atoms with Crippen molar-refractivity contribution >= 4 is 11.6 Å². The van der Waals surface area contributed by atoms with Crippen LogP contribution < -0.4 is 0 Å². The van der Waals surface area contributed by atoms with Crippen LogP contribution in [0.15, 0.2) is 53.8 Å². The van der Waals surface area contributed by atoms with E-state index in [9.17, 15) is 9.18 Å². The average Bonchev–Trinajstić information content (AvgIpc) is 3.11. The Labute approximate surface area is 168 Å². The standard InChI is InChI=1S/C23H19FN4O/c1-5-15-10-11-19-17(12-15)20(16-8-6-7-9-18(16)24)26-14(2)22-21(23(29)27(3)4)25-13-28(19)22/h1,6-14H,2-4H3. The molecule has 3 aromatic rings. The number of benzene rings is 2. The minimum atomic E-state index is -0.423. The smallest absolute Gasteiger partial charge is 0.273 e. The molecule has 0 saturated carbocycles. The summed E-state index contributed by atoms with van der Waals surface area (Å²) in [7, 11) is 3.35. The summed E-state index contributed by atoms with van der Waals surface area (Å²) in [5, 5.41) is 0. The number of rotatable bonds is 2. The lowest BCUT2D eigenvalue weighted by Crippen LogP contribution is -2.24. The summed E-state index contributed by atoms with van der Waals surface area (Å²) in [4.78, 5) is 23.3. The molecule has 4 rings (SSSR count). The summed E-state index contributed by atoms with van der Waals surface area (Å²) < 4.78 is 16.5. The minimum Gasteiger partial charge on any atom is -0.343 e. The lowest BCUT2D eigenvalue weighted by molar-refractivity contribution is 0.0821. The van der Waals surface area contributed by atoms with Gasteiger partial charge in [-0.25, -0.2) is 9.37 Å². The summed E-state index contributed by atoms with van der Waals surface area (Å²) in [5.74, 6) is 2.04. The molecule has 1 aliphatic heterocycles. The Morgan fingerprint density at radius 1 is 1.21 bits per heavy atom. The second-order valence-corrected chi connectivity index (χ2v) is 7.06. The maximum absolute atomic E-state index is 14.7. The molecular weight excluding hydrogens is 367 g/mol. The number of aliphatic imine (C=N–C) groups is 1. The van der Waals surface area contributed by atoms with Gasteiger partial charge in [0.1, 0.15) is 12.1 Å². The van der Waals surface area contributed by atoms with Crippen molar-refractivity contribution in [2.75, 3.05) is 14.1 Å². The highest BCUT2D eigenvalue weighted by atomic mass is 19.1. The summed E-state index contributed by atoms with van der Waals surface area (Å²) in [6.45, 7) is 1.87. The van der Waals surface area contributed by atoms with E-state index >= 15 is 0 Å². The second kappa shape index (κ2) is 7.02. The molecule has 1 aliphatic rings. The number of halogens is 1. The Hall–Kier alpha value is -3.72. The molecule has 1 amide bonds. The van der Waals surface area contributed by atoms with Crippen LogP contribution in [-0.4, -0.2) is 40.2 Å². The van der Waals surface area contributed by atoms with Crippen molar-refractivity contribution in [2.45, 2.75) is 13.0 Å². The zero-order chi connectivity index (χ0) is 20.7. The Balaban J connectivity index is 2.04. The van der Waals surface area contributed by atoms with Gasteiger partial charge in [0, 0.05) is 30.8 Å². The van der Waals surface area contributed by atoms with Gasteiger partial charge in [-0.15, -0.1) is 6.42 Å². The van der Waals surface area contributed by atoms with Gasteiger partial charge in [-0.2, -0.15) is 0 Å². The number of hydrogen-bond donors (Lipinski definition) is 0. The number of imidazole rings is 1. The van der Waals surface area contributed by atoms with E-state index in [2.05, 4.69) is 10.9 Å². The first kappa shape index (κ1) is 18.6. The van der Waals surface area contributed by atoms with Gasteiger partial charge >= 0.3 is 0 Å². The van der Waals surface area contributed by atoms with Crippen molar-refractivity contribution in [2.24, 2.45) is 4.99 Å². The molecule has 1 atom stereocenters. The first-order valence-corrected chi connectivity index (χ1v) is 9.15. The number of amides is 1. The molecule has 2 aromatic carbocycles. The van der Waals surface area contributed by atoms with Crippen molar-refractivity contribution < 1.29 is 9.18 Å². The van der Waals surface area contributed by atoms with E-state index in [1.165, 1.54) is 11.0 Å². The summed E-state index contributed by atoms with van der Waals surface area (Å²) >= 11 is 0. The number of carbonyl (C=O) groups is 1. The Kier molecular flexibility index (Phi) is 4.51. The van der Waals surface area contributed by atoms with Gasteiger partial charge in [0.15, 0.2) is 5.69 Å². The Morgan fingerprint density at radius 2 is 1.97 bits per heavy atom. The molecule has 1 unspecified atom stereocenters. The lowest BCUT2D eigenvalue weighted by atomic mass is 9.98. The van der Waals surface area contributed by atoms with E-state index in [-0.39, 0.29) is 11.7 Å². The number of aromatic nitrogens is 2. The molecule has 0 fully saturated rings. The van der Waals surface area contributed by atoms with Crippen molar-refractivity contribution in [1.82, 2.24) is 14.5 Å². The van der Waals surface area contributed by atoms with E-state index in [1.54, 1.807) is 38.6 Å². The van der Waals surface area contributed by atoms with Gasteiger partial charge in [-0.1, -0.05) is 18.1 Å². The predicted molar refractivity (Wildman–Crippen MR) is 110 cm³/mol. The van der Waals surface area contributed by atoms with Crippen LogP contribution in [-0.2, 0) is 0 Å². The first-order valence-electron chi connectivity index (χ1n) is 9.15. The van der Waals surface area contributed by atoms with Crippen LogP contribution in [0.25, 0.3) is 5.69 Å². The second-order valence-electron chi connectivity index (χ2n) is 7.06. The molecule has 0 saturated heterocycles. The van der Waals surface area contributed by atoms with E-state index in [0.29, 0.717) is 33.8 Å². The molecule has 5 nitrogen and oxygen atoms in total. The molecule has 0 spiro atoms. The van der Waals surface area contributed by atoms with Crippen LogP contribution in [0.3, 0.4) is 0 Å². The molecule has 2 heterocycles. The van der Waals surface area contributed by atoms with Crippen LogP contribution in [0.4, 0.5) is 4.39 Å². The largest absolute Gasteiger partial charge is 0.343 e. The Bertz CT molecular complexity index is 1200. The van der Waals surface area contributed by atoms with Crippen molar-refractivity contribution in [3.05, 3.63) is 82.7 Å². The summed E-state index contributed by atoms with van der Waals surface area (Å²) in [6.07, 6.45) is 7.21. The fraction of sp³-hybridized carbons (Fsp3) is 0.174. The van der Waals surface area contributed by atoms with E-state index in [0.717, 1.165) is 5.69 Å². The molecule has 1 aromatic heterocycles. The third-order valence-corrected chi connectivity index (χ3v) is 4.94. The van der Waals surface area contributed by atoms with Crippen molar-refractivity contribution in [3.8, 4) is 18.0 Å². The van der Waals surface area contributed by atoms with Gasteiger partial charge < -0.3 is 4.90 Å². The quantitative estimate of drug-likeness (QED) is 0.632. The highest BCUT2D eigenvalue weighted by molar-refractivity contribution is 6.15. The van der Waals surface area contributed by atoms with E-state index in [1.807, 2.05) is 29.7 Å². The van der Waals surface area contributed by atoms with Crippen LogP contribution >= 0.6 is 0 Å². The minimum absolute atomic E-state index is 0.211. The van der Waals surface area contributed by atoms with Crippen LogP contribution in [0, 0.1) is 18.2 Å². The first-order chi connectivity index (χ1) is 13.9. The molecular formula is C23H19FN4O. The summed E-state index contributed by atoms with van der Waals surface area (Å²) in [6, 6.07) is 11.6. The van der Waals surface area contributed by atoms with Crippen LogP contribution in [0.1, 0.15) is 45.8 Å². The van der Waals surface area contributed by atoms with Gasteiger partial charge in [0.05, 0.1) is 23.1 Å². The summed E-state index contributed by atoms with van der Waals surface area (Å²) in [5.41, 5.74) is 3.96. The highest BCUT2D eigenvalue weighted by Gasteiger charge is 2.29. The van der Waals surface area contributed by atoms with E-state index in [4.69, 9.17) is 11.4 Å². The number of nitrogens with zero attached hydrogens (tertiary/aromatic N) is 4. The maximum atomic E-state index is 14.7. The van der Waals surface area contributed by atoms with Gasteiger partial charge in [0.25, 0.3) is 5.91 Å². The Morgan fingerprint density at radius 3 is 2.66 bits per heavy atom. The van der Waals surface area contributed by atoms with Crippen molar-refractivity contribution in [3.63, 3.8) is 0 Å². The third-order valence-electron chi connectivity index (χ3n) is 4.94. The molecule has 6 heteroatoms. The number of fused-ring (bicyclic) bond motifs is 3. The number of hydrogen-bond acceptors (Lipinski definition) is 3. The number of carbonyl (C=O) groups excluding carboxylic acids is 1. The molecule has 0 aliphatic carbocycles. The molecule has 29 heavy (non-hydrogen) atoms. The zero-order valence-corrected chi connectivity index (χ0v) is 16.3. The lowest BCUT2D eigenvalue weighted by Gasteiger charge is -2.14. The fourth-order valence-electron chi connectivity index (χ4n) is 3.54. The molecule has 144 valence electrons. The molecule has 0 bridgehead atoms. The zero-order valence-electron chi connectivity index (χ0n) is 16.3. The van der Waals surface area contributed by atoms with Gasteiger partial charge in [-0.3, -0.25) is 14.4 Å². The van der Waals surface area contributed by atoms with E-state index < -0.39 is 6.04 Å². The van der Waals surface area contributed by atoms with Crippen molar-refractivity contribution in [1.29, 1.82) is 0 Å². The fourth-order valence-corrected chi connectivity index (χ4v) is 3.54. The maximum Gasteiger partial charge on any atom is 0.273 e. The van der Waals surface area contributed by atoms with Gasteiger partial charge in [0.2, 0.25) is 0 Å². The SMILES string of the molecule is C#Cc1ccc2c(c1)C(c1ccccc1F)=NC(C)c1c(C(=O)N(C)C)ncn1-2.